The molecule has 1 aromatic heterocycles. The summed E-state index contributed by atoms with van der Waals surface area (Å²) >= 11 is 0. The molecule has 1 amide bonds. The van der Waals surface area contributed by atoms with E-state index in [2.05, 4.69) is 5.32 Å². The van der Waals surface area contributed by atoms with E-state index in [4.69, 9.17) is 9.47 Å². The summed E-state index contributed by atoms with van der Waals surface area (Å²) in [6.07, 6.45) is 2.54. The van der Waals surface area contributed by atoms with E-state index in [0.717, 1.165) is 19.3 Å². The number of nitrogens with zero attached hydrogens (tertiary/aromatic N) is 1. The van der Waals surface area contributed by atoms with Gasteiger partial charge in [0.05, 0.1) is 38.0 Å². The van der Waals surface area contributed by atoms with Crippen LogP contribution in [0.1, 0.15) is 36.5 Å². The maximum absolute atomic E-state index is 13.2. The quantitative estimate of drug-likeness (QED) is 0.704. The Kier molecular flexibility index (Phi) is 5.90. The zero-order valence-corrected chi connectivity index (χ0v) is 16.2. The molecule has 1 aromatic carbocycles. The summed E-state index contributed by atoms with van der Waals surface area (Å²) in [5.41, 5.74) is -1.10. The average molecular weight is 390 g/mol. The average Bonchev–Trinajstić information content (AvgIpc) is 2.81. The molecule has 2 heterocycles. The van der Waals surface area contributed by atoms with Crippen molar-refractivity contribution in [1.82, 2.24) is 9.88 Å². The highest BCUT2D eigenvalue weighted by Gasteiger charge is 2.28. The molecule has 0 fully saturated rings. The van der Waals surface area contributed by atoms with Gasteiger partial charge in [-0.1, -0.05) is 0 Å². The van der Waals surface area contributed by atoms with Crippen molar-refractivity contribution in [3.05, 3.63) is 34.1 Å². The van der Waals surface area contributed by atoms with Crippen molar-refractivity contribution in [2.45, 2.75) is 38.3 Å². The highest BCUT2D eigenvalue weighted by Crippen LogP contribution is 2.36. The lowest BCUT2D eigenvalue weighted by atomic mass is 10.0. The zero-order valence-electron chi connectivity index (χ0n) is 16.2. The van der Waals surface area contributed by atoms with Gasteiger partial charge in [-0.3, -0.25) is 9.59 Å². The smallest absolute Gasteiger partial charge is 0.264 e. The summed E-state index contributed by atoms with van der Waals surface area (Å²) < 4.78 is 12.9. The molecule has 0 aliphatic carbocycles. The second-order valence-electron chi connectivity index (χ2n) is 7.29. The minimum atomic E-state index is -1.22. The van der Waals surface area contributed by atoms with Gasteiger partial charge in [-0.2, -0.15) is 0 Å². The Bertz CT molecular complexity index is 932. The van der Waals surface area contributed by atoms with Gasteiger partial charge in [-0.15, -0.1) is 0 Å². The maximum Gasteiger partial charge on any atom is 0.264 e. The molecule has 0 saturated heterocycles. The van der Waals surface area contributed by atoms with Gasteiger partial charge in [-0.05, 0) is 44.4 Å². The molecule has 8 heteroatoms. The number of benzene rings is 1. The summed E-state index contributed by atoms with van der Waals surface area (Å²) in [7, 11) is 1.54. The molecule has 0 saturated carbocycles. The molecule has 0 bridgehead atoms. The van der Waals surface area contributed by atoms with Crippen LogP contribution >= 0.6 is 0 Å². The van der Waals surface area contributed by atoms with Crippen LogP contribution in [0.15, 0.2) is 23.0 Å². The van der Waals surface area contributed by atoms with Gasteiger partial charge in [0.15, 0.2) is 11.5 Å². The van der Waals surface area contributed by atoms with Gasteiger partial charge in [0, 0.05) is 11.9 Å². The first-order chi connectivity index (χ1) is 13.4. The van der Waals surface area contributed by atoms with Crippen LogP contribution in [0.25, 0.3) is 10.9 Å². The van der Waals surface area contributed by atoms with Crippen molar-refractivity contribution < 1.29 is 24.5 Å². The van der Waals surface area contributed by atoms with Crippen LogP contribution < -0.4 is 20.3 Å². The molecule has 0 spiro atoms. The van der Waals surface area contributed by atoms with E-state index in [1.54, 1.807) is 23.8 Å². The van der Waals surface area contributed by atoms with E-state index < -0.39 is 30.2 Å². The van der Waals surface area contributed by atoms with E-state index in [9.17, 15) is 19.8 Å². The van der Waals surface area contributed by atoms with E-state index in [0.29, 0.717) is 35.6 Å². The number of ether oxygens (including phenoxy) is 2. The number of pyridine rings is 1. The number of nitrogens with one attached hydrogen (secondary N) is 1. The number of carbonyl (C=O) groups is 1. The van der Waals surface area contributed by atoms with E-state index in [1.807, 2.05) is 0 Å². The number of carbonyl (C=O) groups excluding carboxylic acids is 1. The standard InChI is InChI=1S/C20H26N2O6/c1-20(11-23,12-24)21-18(25)14-10-13-6-7-15(27-2)17-16(13)22(19(14)26)8-4-3-5-9-28-17/h6-7,10,23-24H,3-5,8-9,11-12H2,1-2H3,(H,21,25). The first kappa shape index (κ1) is 20.2. The van der Waals surface area contributed by atoms with Gasteiger partial charge >= 0.3 is 0 Å². The Hall–Kier alpha value is -2.58. The third-order valence-corrected chi connectivity index (χ3v) is 5.02. The van der Waals surface area contributed by atoms with Crippen molar-refractivity contribution >= 4 is 16.8 Å². The summed E-state index contributed by atoms with van der Waals surface area (Å²) in [6.45, 7) is 1.58. The van der Waals surface area contributed by atoms with E-state index >= 15 is 0 Å². The van der Waals surface area contributed by atoms with Gasteiger partial charge in [0.25, 0.3) is 11.5 Å². The van der Waals surface area contributed by atoms with E-state index in [-0.39, 0.29) is 5.56 Å². The van der Waals surface area contributed by atoms with Gasteiger partial charge in [0.2, 0.25) is 0 Å². The molecule has 0 radical (unpaired) electrons. The lowest BCUT2D eigenvalue weighted by Crippen LogP contribution is -2.52. The largest absolute Gasteiger partial charge is 0.493 e. The fraction of sp³-hybridized carbons (Fsp3) is 0.500. The molecule has 1 aliphatic heterocycles. The number of methoxy groups -OCH3 is 1. The summed E-state index contributed by atoms with van der Waals surface area (Å²) in [5.74, 6) is 0.397. The fourth-order valence-corrected chi connectivity index (χ4v) is 3.30. The van der Waals surface area contributed by atoms with Crippen LogP contribution in [0.3, 0.4) is 0 Å². The Morgan fingerprint density at radius 3 is 2.71 bits per heavy atom. The first-order valence-corrected chi connectivity index (χ1v) is 9.35. The SMILES string of the molecule is COc1ccc2cc(C(=O)NC(C)(CO)CO)c(=O)n3c2c1OCCCCC3. The van der Waals surface area contributed by atoms with Gasteiger partial charge < -0.3 is 29.6 Å². The second-order valence-corrected chi connectivity index (χ2v) is 7.29. The highest BCUT2D eigenvalue weighted by molar-refractivity contribution is 5.99. The van der Waals surface area contributed by atoms with Crippen LogP contribution in [-0.4, -0.2) is 53.2 Å². The molecular formula is C20H26N2O6. The van der Waals surface area contributed by atoms with Crippen molar-refractivity contribution in [3.8, 4) is 11.5 Å². The normalized spacial score (nSPS) is 14.6. The molecule has 3 N–H and O–H groups in total. The fourth-order valence-electron chi connectivity index (χ4n) is 3.30. The Morgan fingerprint density at radius 1 is 1.29 bits per heavy atom. The van der Waals surface area contributed by atoms with Crippen molar-refractivity contribution in [3.63, 3.8) is 0 Å². The molecule has 1 aliphatic rings. The highest BCUT2D eigenvalue weighted by atomic mass is 16.5. The predicted octanol–water partition coefficient (Wildman–Crippen LogP) is 1.05. The van der Waals surface area contributed by atoms with Crippen LogP contribution in [0, 0.1) is 0 Å². The van der Waals surface area contributed by atoms with Crippen LogP contribution in [0.4, 0.5) is 0 Å². The molecule has 3 rings (SSSR count). The zero-order chi connectivity index (χ0) is 20.3. The van der Waals surface area contributed by atoms with Crippen LogP contribution in [-0.2, 0) is 6.54 Å². The molecule has 0 atom stereocenters. The number of hydrogen-bond donors (Lipinski definition) is 3. The Morgan fingerprint density at radius 2 is 2.04 bits per heavy atom. The number of aromatic nitrogens is 1. The maximum atomic E-state index is 13.2. The van der Waals surface area contributed by atoms with Gasteiger partial charge in [-0.25, -0.2) is 0 Å². The first-order valence-electron chi connectivity index (χ1n) is 9.35. The van der Waals surface area contributed by atoms with Crippen LogP contribution in [0.2, 0.25) is 0 Å². The summed E-state index contributed by atoms with van der Waals surface area (Å²) in [5, 5.41) is 22.1. The number of hydrogen-bond acceptors (Lipinski definition) is 6. The van der Waals surface area contributed by atoms with Gasteiger partial charge in [0.1, 0.15) is 5.56 Å². The topological polar surface area (TPSA) is 110 Å². The molecule has 2 aromatic rings. The molecular weight excluding hydrogens is 364 g/mol. The number of aryl methyl sites for hydroxylation is 1. The van der Waals surface area contributed by atoms with Crippen molar-refractivity contribution in [1.29, 1.82) is 0 Å². The minimum absolute atomic E-state index is 0.0454. The number of rotatable bonds is 5. The monoisotopic (exact) mass is 390 g/mol. The number of amides is 1. The predicted molar refractivity (Wildman–Crippen MR) is 104 cm³/mol. The lowest BCUT2D eigenvalue weighted by molar-refractivity contribution is 0.0722. The Balaban J connectivity index is 2.19. The summed E-state index contributed by atoms with van der Waals surface area (Å²) in [6, 6.07) is 5.05. The molecule has 0 unspecified atom stereocenters. The third-order valence-electron chi connectivity index (χ3n) is 5.02. The number of aliphatic hydroxyl groups is 2. The third kappa shape index (κ3) is 3.70. The minimum Gasteiger partial charge on any atom is -0.493 e. The second kappa shape index (κ2) is 8.20. The molecule has 28 heavy (non-hydrogen) atoms. The summed E-state index contributed by atoms with van der Waals surface area (Å²) in [4.78, 5) is 25.9. The lowest BCUT2D eigenvalue weighted by Gasteiger charge is -2.26. The van der Waals surface area contributed by atoms with Crippen LogP contribution in [0.5, 0.6) is 11.5 Å². The molecule has 8 nitrogen and oxygen atoms in total. The number of aliphatic hydroxyl groups excluding tert-OH is 2. The Labute approximate surface area is 162 Å². The molecule has 152 valence electrons. The van der Waals surface area contributed by atoms with E-state index in [1.165, 1.54) is 13.0 Å². The van der Waals surface area contributed by atoms with Crippen molar-refractivity contribution in [2.75, 3.05) is 26.9 Å². The van der Waals surface area contributed by atoms with Crippen molar-refractivity contribution in [2.24, 2.45) is 0 Å².